The Hall–Kier alpha value is -1.35. The topological polar surface area (TPSA) is 20.2 Å². The fourth-order valence-electron chi connectivity index (χ4n) is 1.39. The lowest BCUT2D eigenvalue weighted by Crippen LogP contribution is -1.84. The van der Waals surface area contributed by atoms with E-state index in [4.69, 9.17) is 0 Å². The standard InChI is InChI=1S/C11H9FOS/c1-7-8(5-6-14-7)9-3-2-4-10(13)11(9)12/h2-6,13H,1H3. The molecule has 0 spiro atoms. The van der Waals surface area contributed by atoms with Crippen LogP contribution in [-0.2, 0) is 0 Å². The Labute approximate surface area is 85.5 Å². The van der Waals surface area contributed by atoms with Gasteiger partial charge in [-0.25, -0.2) is 4.39 Å². The number of rotatable bonds is 1. The van der Waals surface area contributed by atoms with Gasteiger partial charge in [0.05, 0.1) is 0 Å². The van der Waals surface area contributed by atoms with Crippen LogP contribution < -0.4 is 0 Å². The molecule has 0 radical (unpaired) electrons. The number of phenols is 1. The van der Waals surface area contributed by atoms with Gasteiger partial charge in [-0.3, -0.25) is 0 Å². The quantitative estimate of drug-likeness (QED) is 0.759. The number of phenolic OH excluding ortho intramolecular Hbond substituents is 1. The van der Waals surface area contributed by atoms with Crippen LogP contribution in [0.3, 0.4) is 0 Å². The molecule has 0 fully saturated rings. The summed E-state index contributed by atoms with van der Waals surface area (Å²) < 4.78 is 13.5. The Morgan fingerprint density at radius 2 is 2.00 bits per heavy atom. The van der Waals surface area contributed by atoms with Crippen LogP contribution in [-0.4, -0.2) is 5.11 Å². The monoisotopic (exact) mass is 208 g/mol. The van der Waals surface area contributed by atoms with E-state index in [1.54, 1.807) is 23.5 Å². The molecule has 0 aliphatic carbocycles. The minimum Gasteiger partial charge on any atom is -0.505 e. The molecule has 3 heteroatoms. The number of thiophene rings is 1. The summed E-state index contributed by atoms with van der Waals surface area (Å²) in [6, 6.07) is 6.52. The van der Waals surface area contributed by atoms with Crippen molar-refractivity contribution in [3.05, 3.63) is 40.3 Å². The molecule has 14 heavy (non-hydrogen) atoms. The van der Waals surface area contributed by atoms with Gasteiger partial charge in [-0.2, -0.15) is 0 Å². The van der Waals surface area contributed by atoms with Crippen LogP contribution in [0.25, 0.3) is 11.1 Å². The van der Waals surface area contributed by atoms with Crippen LogP contribution in [0, 0.1) is 12.7 Å². The second-order valence-corrected chi connectivity index (χ2v) is 4.15. The summed E-state index contributed by atoms with van der Waals surface area (Å²) in [5.74, 6) is -0.845. The summed E-state index contributed by atoms with van der Waals surface area (Å²) in [4.78, 5) is 1.05. The molecule has 72 valence electrons. The summed E-state index contributed by atoms with van der Waals surface area (Å²) >= 11 is 1.57. The fraction of sp³-hybridized carbons (Fsp3) is 0.0909. The zero-order chi connectivity index (χ0) is 10.1. The van der Waals surface area contributed by atoms with Gasteiger partial charge in [0.1, 0.15) is 0 Å². The molecule has 1 aromatic carbocycles. The van der Waals surface area contributed by atoms with Crippen LogP contribution in [0.5, 0.6) is 5.75 Å². The molecule has 2 aromatic rings. The van der Waals surface area contributed by atoms with Gasteiger partial charge in [0, 0.05) is 10.4 Å². The number of aromatic hydroxyl groups is 1. The van der Waals surface area contributed by atoms with Gasteiger partial charge in [-0.05, 0) is 30.0 Å². The molecular formula is C11H9FOS. The lowest BCUT2D eigenvalue weighted by atomic mass is 10.1. The zero-order valence-corrected chi connectivity index (χ0v) is 8.44. The third kappa shape index (κ3) is 1.40. The summed E-state index contributed by atoms with van der Waals surface area (Å²) in [6.45, 7) is 1.93. The number of hydrogen-bond acceptors (Lipinski definition) is 2. The molecule has 0 aliphatic heterocycles. The van der Waals surface area contributed by atoms with E-state index in [1.165, 1.54) is 6.07 Å². The third-order valence-corrected chi connectivity index (χ3v) is 2.97. The maximum absolute atomic E-state index is 13.5. The summed E-state index contributed by atoms with van der Waals surface area (Å²) in [6.07, 6.45) is 0. The number of hydrogen-bond donors (Lipinski definition) is 1. The highest BCUT2D eigenvalue weighted by atomic mass is 32.1. The molecule has 1 nitrogen and oxygen atoms in total. The predicted octanol–water partition coefficient (Wildman–Crippen LogP) is 3.57. The van der Waals surface area contributed by atoms with Crippen LogP contribution in [0.15, 0.2) is 29.6 Å². The minimum absolute atomic E-state index is 0.298. The first kappa shape index (κ1) is 9.21. The van der Waals surface area contributed by atoms with Crippen molar-refractivity contribution in [1.29, 1.82) is 0 Å². The molecule has 1 heterocycles. The summed E-state index contributed by atoms with van der Waals surface area (Å²) in [5.41, 5.74) is 1.31. The Morgan fingerprint density at radius 1 is 1.21 bits per heavy atom. The molecule has 0 aliphatic rings. The van der Waals surface area contributed by atoms with Gasteiger partial charge in [-0.1, -0.05) is 12.1 Å². The predicted molar refractivity (Wildman–Crippen MR) is 56.1 cm³/mol. The van der Waals surface area contributed by atoms with E-state index in [1.807, 2.05) is 18.4 Å². The van der Waals surface area contributed by atoms with Gasteiger partial charge >= 0.3 is 0 Å². The minimum atomic E-state index is -0.547. The average Bonchev–Trinajstić information content (AvgIpc) is 2.57. The first-order valence-corrected chi connectivity index (χ1v) is 5.10. The summed E-state index contributed by atoms with van der Waals surface area (Å²) in [5, 5.41) is 11.1. The van der Waals surface area contributed by atoms with Crippen molar-refractivity contribution in [2.45, 2.75) is 6.92 Å². The van der Waals surface area contributed by atoms with Crippen LogP contribution in [0.1, 0.15) is 4.88 Å². The number of benzene rings is 1. The smallest absolute Gasteiger partial charge is 0.172 e. The SMILES string of the molecule is Cc1sccc1-c1cccc(O)c1F. The van der Waals surface area contributed by atoms with Crippen molar-refractivity contribution >= 4 is 11.3 Å². The third-order valence-electron chi connectivity index (χ3n) is 2.13. The molecule has 1 aromatic heterocycles. The number of halogens is 1. The molecule has 0 amide bonds. The van der Waals surface area contributed by atoms with E-state index in [0.29, 0.717) is 5.56 Å². The van der Waals surface area contributed by atoms with Gasteiger partial charge in [0.2, 0.25) is 0 Å². The van der Waals surface area contributed by atoms with Gasteiger partial charge in [-0.15, -0.1) is 11.3 Å². The Bertz CT molecular complexity index is 462. The van der Waals surface area contributed by atoms with Crippen LogP contribution in [0.4, 0.5) is 4.39 Å². The van der Waals surface area contributed by atoms with Gasteiger partial charge < -0.3 is 5.11 Å². The molecule has 0 saturated carbocycles. The molecule has 0 unspecified atom stereocenters. The van der Waals surface area contributed by atoms with E-state index in [9.17, 15) is 9.50 Å². The van der Waals surface area contributed by atoms with Crippen molar-refractivity contribution in [1.82, 2.24) is 0 Å². The molecule has 2 rings (SSSR count). The second kappa shape index (κ2) is 3.42. The largest absolute Gasteiger partial charge is 0.505 e. The molecule has 0 atom stereocenters. The first-order chi connectivity index (χ1) is 6.70. The van der Waals surface area contributed by atoms with E-state index in [-0.39, 0.29) is 5.75 Å². The van der Waals surface area contributed by atoms with Gasteiger partial charge in [0.15, 0.2) is 11.6 Å². The Kier molecular flexibility index (Phi) is 2.25. The Balaban J connectivity index is 2.63. The highest BCUT2D eigenvalue weighted by molar-refractivity contribution is 7.10. The average molecular weight is 208 g/mol. The molecule has 0 saturated heterocycles. The van der Waals surface area contributed by atoms with Gasteiger partial charge in [0.25, 0.3) is 0 Å². The normalized spacial score (nSPS) is 10.4. The van der Waals surface area contributed by atoms with E-state index in [2.05, 4.69) is 0 Å². The van der Waals surface area contributed by atoms with Crippen molar-refractivity contribution in [3.8, 4) is 16.9 Å². The van der Waals surface area contributed by atoms with Crippen molar-refractivity contribution in [2.24, 2.45) is 0 Å². The highest BCUT2D eigenvalue weighted by Gasteiger charge is 2.11. The maximum Gasteiger partial charge on any atom is 0.172 e. The van der Waals surface area contributed by atoms with Crippen molar-refractivity contribution < 1.29 is 9.50 Å². The van der Waals surface area contributed by atoms with E-state index < -0.39 is 5.82 Å². The number of aryl methyl sites for hydroxylation is 1. The van der Waals surface area contributed by atoms with E-state index >= 15 is 0 Å². The molecule has 1 N–H and O–H groups in total. The first-order valence-electron chi connectivity index (χ1n) is 4.22. The molecular weight excluding hydrogens is 199 g/mol. The lowest BCUT2D eigenvalue weighted by Gasteiger charge is -2.03. The fourth-order valence-corrected chi connectivity index (χ4v) is 2.11. The van der Waals surface area contributed by atoms with Crippen molar-refractivity contribution in [3.63, 3.8) is 0 Å². The highest BCUT2D eigenvalue weighted by Crippen LogP contribution is 2.32. The van der Waals surface area contributed by atoms with Crippen molar-refractivity contribution in [2.75, 3.05) is 0 Å². The molecule has 0 bridgehead atoms. The Morgan fingerprint density at radius 3 is 2.64 bits per heavy atom. The van der Waals surface area contributed by atoms with E-state index in [0.717, 1.165) is 10.4 Å². The second-order valence-electron chi connectivity index (χ2n) is 3.03. The van der Waals surface area contributed by atoms with Crippen LogP contribution in [0.2, 0.25) is 0 Å². The zero-order valence-electron chi connectivity index (χ0n) is 7.62. The summed E-state index contributed by atoms with van der Waals surface area (Å²) in [7, 11) is 0. The lowest BCUT2D eigenvalue weighted by molar-refractivity contribution is 0.433. The maximum atomic E-state index is 13.5. The van der Waals surface area contributed by atoms with Crippen LogP contribution >= 0.6 is 11.3 Å².